The first-order valence-electron chi connectivity index (χ1n) is 8.45. The maximum Gasteiger partial charge on any atom is 0.325 e. The predicted molar refractivity (Wildman–Crippen MR) is 96.2 cm³/mol. The Morgan fingerprint density at radius 3 is 2.76 bits per heavy atom. The van der Waals surface area contributed by atoms with Gasteiger partial charge in [0.15, 0.2) is 0 Å². The molecule has 2 aliphatic heterocycles. The van der Waals surface area contributed by atoms with E-state index in [0.717, 1.165) is 34.1 Å². The van der Waals surface area contributed by atoms with Crippen LogP contribution >= 0.6 is 11.3 Å². The van der Waals surface area contributed by atoms with Gasteiger partial charge in [-0.2, -0.15) is 0 Å². The molecule has 130 valence electrons. The Bertz CT molecular complexity index is 826. The number of carbonyl (C=O) groups excluding carboxylic acids is 2. The standard InChI is InChI=1S/C18H20N4O2S/c1-12-4-2-3-5-14(12)15-20-10-13(25-15)11-22-16(23)18(21-17(22)24)6-8-19-9-7-18/h2-5,10,19H,6-9,11H2,1H3,(H,21,24). The molecule has 0 saturated carbocycles. The Kier molecular flexibility index (Phi) is 4.05. The molecule has 0 radical (unpaired) electrons. The summed E-state index contributed by atoms with van der Waals surface area (Å²) in [4.78, 5) is 31.9. The maximum absolute atomic E-state index is 12.8. The van der Waals surface area contributed by atoms with E-state index in [4.69, 9.17) is 0 Å². The maximum atomic E-state index is 12.8. The zero-order valence-corrected chi connectivity index (χ0v) is 14.9. The molecule has 0 unspecified atom stereocenters. The van der Waals surface area contributed by atoms with Gasteiger partial charge in [0.25, 0.3) is 5.91 Å². The van der Waals surface area contributed by atoms with Crippen LogP contribution in [0.2, 0.25) is 0 Å². The van der Waals surface area contributed by atoms with Crippen molar-refractivity contribution in [1.82, 2.24) is 20.5 Å². The van der Waals surface area contributed by atoms with Gasteiger partial charge in [-0.05, 0) is 38.4 Å². The first kappa shape index (κ1) is 16.2. The average molecular weight is 356 g/mol. The van der Waals surface area contributed by atoms with Crippen molar-refractivity contribution in [3.05, 3.63) is 40.9 Å². The van der Waals surface area contributed by atoms with Crippen molar-refractivity contribution in [1.29, 1.82) is 0 Å². The van der Waals surface area contributed by atoms with Crippen LogP contribution in [-0.2, 0) is 11.3 Å². The van der Waals surface area contributed by atoms with Crippen LogP contribution in [0.1, 0.15) is 23.3 Å². The Morgan fingerprint density at radius 2 is 2.00 bits per heavy atom. The van der Waals surface area contributed by atoms with Crippen molar-refractivity contribution in [3.63, 3.8) is 0 Å². The van der Waals surface area contributed by atoms with Gasteiger partial charge in [0, 0.05) is 16.6 Å². The lowest BCUT2D eigenvalue weighted by molar-refractivity contribution is -0.132. The van der Waals surface area contributed by atoms with Crippen LogP contribution in [0.5, 0.6) is 0 Å². The molecule has 6 nitrogen and oxygen atoms in total. The summed E-state index contributed by atoms with van der Waals surface area (Å²) >= 11 is 1.53. The fraction of sp³-hybridized carbons (Fsp3) is 0.389. The summed E-state index contributed by atoms with van der Waals surface area (Å²) in [6.45, 7) is 3.83. The summed E-state index contributed by atoms with van der Waals surface area (Å²) in [6.07, 6.45) is 3.05. The molecule has 2 aromatic rings. The van der Waals surface area contributed by atoms with Crippen molar-refractivity contribution in [2.75, 3.05) is 13.1 Å². The van der Waals surface area contributed by atoms with E-state index in [9.17, 15) is 9.59 Å². The largest absolute Gasteiger partial charge is 0.325 e. The molecule has 7 heteroatoms. The van der Waals surface area contributed by atoms with Gasteiger partial charge in [-0.3, -0.25) is 9.69 Å². The Morgan fingerprint density at radius 1 is 1.24 bits per heavy atom. The number of carbonyl (C=O) groups is 2. The number of piperidine rings is 1. The zero-order valence-electron chi connectivity index (χ0n) is 14.0. The summed E-state index contributed by atoms with van der Waals surface area (Å²) < 4.78 is 0. The van der Waals surface area contributed by atoms with Crippen molar-refractivity contribution >= 4 is 23.3 Å². The fourth-order valence-electron chi connectivity index (χ4n) is 3.49. The first-order valence-corrected chi connectivity index (χ1v) is 9.26. The Hall–Kier alpha value is -2.25. The quantitative estimate of drug-likeness (QED) is 0.828. The van der Waals surface area contributed by atoms with Crippen molar-refractivity contribution in [3.8, 4) is 10.6 Å². The van der Waals surface area contributed by atoms with Gasteiger partial charge < -0.3 is 10.6 Å². The number of imide groups is 1. The highest BCUT2D eigenvalue weighted by molar-refractivity contribution is 7.15. The van der Waals surface area contributed by atoms with Crippen LogP contribution < -0.4 is 10.6 Å². The highest BCUT2D eigenvalue weighted by Gasteiger charge is 2.51. The van der Waals surface area contributed by atoms with E-state index in [-0.39, 0.29) is 18.5 Å². The number of rotatable bonds is 3. The summed E-state index contributed by atoms with van der Waals surface area (Å²) in [6, 6.07) is 7.78. The van der Waals surface area contributed by atoms with Crippen LogP contribution in [-0.4, -0.2) is 40.5 Å². The summed E-state index contributed by atoms with van der Waals surface area (Å²) in [5.41, 5.74) is 1.53. The second-order valence-corrected chi connectivity index (χ2v) is 7.72. The van der Waals surface area contributed by atoms with Crippen molar-refractivity contribution in [2.24, 2.45) is 0 Å². The van der Waals surface area contributed by atoms with E-state index >= 15 is 0 Å². The molecule has 2 N–H and O–H groups in total. The molecule has 0 atom stereocenters. The summed E-state index contributed by atoms with van der Waals surface area (Å²) in [5, 5.41) is 7.06. The van der Waals surface area contributed by atoms with E-state index in [0.29, 0.717) is 12.8 Å². The number of thiazole rings is 1. The molecule has 2 saturated heterocycles. The lowest BCUT2D eigenvalue weighted by Crippen LogP contribution is -2.53. The molecule has 2 aliphatic rings. The lowest BCUT2D eigenvalue weighted by Gasteiger charge is -2.31. The van der Waals surface area contributed by atoms with Crippen LogP contribution in [0.4, 0.5) is 4.79 Å². The SMILES string of the molecule is Cc1ccccc1-c1ncc(CN2C(=O)NC3(CCNCC3)C2=O)s1. The van der Waals surface area contributed by atoms with Crippen LogP contribution in [0.25, 0.3) is 10.6 Å². The number of amides is 3. The van der Waals surface area contributed by atoms with Gasteiger partial charge in [0.2, 0.25) is 0 Å². The zero-order chi connectivity index (χ0) is 17.4. The van der Waals surface area contributed by atoms with E-state index in [2.05, 4.69) is 28.6 Å². The predicted octanol–water partition coefficient (Wildman–Crippen LogP) is 2.29. The molecule has 2 fully saturated rings. The number of hydrogen-bond donors (Lipinski definition) is 2. The number of nitrogens with zero attached hydrogens (tertiary/aromatic N) is 2. The molecule has 0 bridgehead atoms. The minimum Gasteiger partial charge on any atom is -0.323 e. The number of benzene rings is 1. The van der Waals surface area contributed by atoms with Crippen LogP contribution in [0.3, 0.4) is 0 Å². The van der Waals surface area contributed by atoms with E-state index in [1.54, 1.807) is 6.20 Å². The molecule has 1 aromatic heterocycles. The second kappa shape index (κ2) is 6.24. The smallest absolute Gasteiger partial charge is 0.323 e. The van der Waals surface area contributed by atoms with Gasteiger partial charge in [-0.25, -0.2) is 9.78 Å². The number of urea groups is 1. The Labute approximate surface area is 150 Å². The lowest BCUT2D eigenvalue weighted by atomic mass is 9.88. The first-order chi connectivity index (χ1) is 12.1. The molecule has 3 heterocycles. The topological polar surface area (TPSA) is 74.3 Å². The van der Waals surface area contributed by atoms with Crippen LogP contribution in [0, 0.1) is 6.92 Å². The van der Waals surface area contributed by atoms with Gasteiger partial charge >= 0.3 is 6.03 Å². The molecule has 4 rings (SSSR count). The third-order valence-corrected chi connectivity index (χ3v) is 5.96. The molecule has 25 heavy (non-hydrogen) atoms. The van der Waals surface area contributed by atoms with Gasteiger partial charge in [0.05, 0.1) is 6.54 Å². The average Bonchev–Trinajstić information content (AvgIpc) is 3.16. The van der Waals surface area contributed by atoms with Gasteiger partial charge in [-0.1, -0.05) is 24.3 Å². The molecular formula is C18H20N4O2S. The molecule has 1 spiro atoms. The fourth-order valence-corrected chi connectivity index (χ4v) is 4.48. The normalized spacial score (nSPS) is 19.5. The molecule has 3 amide bonds. The summed E-state index contributed by atoms with van der Waals surface area (Å²) in [5.74, 6) is -0.107. The monoisotopic (exact) mass is 356 g/mol. The van der Waals surface area contributed by atoms with Gasteiger partial charge in [0.1, 0.15) is 10.5 Å². The highest BCUT2D eigenvalue weighted by atomic mass is 32.1. The molecule has 1 aromatic carbocycles. The van der Waals surface area contributed by atoms with E-state index in [1.165, 1.54) is 16.2 Å². The number of nitrogens with one attached hydrogen (secondary N) is 2. The number of aromatic nitrogens is 1. The third-order valence-electron chi connectivity index (χ3n) is 4.95. The van der Waals surface area contributed by atoms with Crippen molar-refractivity contribution in [2.45, 2.75) is 31.8 Å². The third kappa shape index (κ3) is 2.83. The summed E-state index contributed by atoms with van der Waals surface area (Å²) in [7, 11) is 0. The minimum absolute atomic E-state index is 0.107. The van der Waals surface area contributed by atoms with Crippen LogP contribution in [0.15, 0.2) is 30.5 Å². The Balaban J connectivity index is 1.54. The molecular weight excluding hydrogens is 336 g/mol. The number of hydrogen-bond acceptors (Lipinski definition) is 5. The van der Waals surface area contributed by atoms with Crippen molar-refractivity contribution < 1.29 is 9.59 Å². The van der Waals surface area contributed by atoms with Gasteiger partial charge in [-0.15, -0.1) is 11.3 Å². The highest BCUT2D eigenvalue weighted by Crippen LogP contribution is 2.31. The van der Waals surface area contributed by atoms with E-state index in [1.807, 2.05) is 18.2 Å². The number of aryl methyl sites for hydroxylation is 1. The molecule has 0 aliphatic carbocycles. The second-order valence-electron chi connectivity index (χ2n) is 6.60. The van der Waals surface area contributed by atoms with E-state index < -0.39 is 5.54 Å². The minimum atomic E-state index is -0.716.